The summed E-state index contributed by atoms with van der Waals surface area (Å²) in [5.41, 5.74) is 5.49. The summed E-state index contributed by atoms with van der Waals surface area (Å²) < 4.78 is 10.8. The lowest BCUT2D eigenvalue weighted by molar-refractivity contribution is -0.153. The molecule has 2 rings (SSSR count). The van der Waals surface area contributed by atoms with Crippen molar-refractivity contribution in [3.8, 4) is 0 Å². The molecule has 2 aliphatic heterocycles. The predicted octanol–water partition coefficient (Wildman–Crippen LogP) is -1.11. The highest BCUT2D eigenvalue weighted by molar-refractivity contribution is 5.81. The number of rotatable bonds is 5. The molecule has 6 heteroatoms. The first-order valence-electron chi connectivity index (χ1n) is 6.72. The van der Waals surface area contributed by atoms with E-state index in [2.05, 4.69) is 4.90 Å². The molecule has 2 heterocycles. The predicted molar refractivity (Wildman–Crippen MR) is 67.3 cm³/mol. The lowest BCUT2D eigenvalue weighted by atomic mass is 10.2. The Hall–Kier alpha value is -0.690. The third-order valence-electron chi connectivity index (χ3n) is 3.49. The van der Waals surface area contributed by atoms with Crippen LogP contribution in [-0.2, 0) is 14.3 Å². The zero-order chi connectivity index (χ0) is 12.8. The van der Waals surface area contributed by atoms with Gasteiger partial charge in [0.05, 0.1) is 19.8 Å². The van der Waals surface area contributed by atoms with Crippen LogP contribution in [0.2, 0.25) is 0 Å². The van der Waals surface area contributed by atoms with Crippen LogP contribution in [0.3, 0.4) is 0 Å². The van der Waals surface area contributed by atoms with Gasteiger partial charge in [-0.2, -0.15) is 0 Å². The Morgan fingerprint density at radius 1 is 1.17 bits per heavy atom. The third kappa shape index (κ3) is 3.65. The van der Waals surface area contributed by atoms with Gasteiger partial charge in [-0.1, -0.05) is 0 Å². The van der Waals surface area contributed by atoms with E-state index in [4.69, 9.17) is 15.2 Å². The van der Waals surface area contributed by atoms with Crippen LogP contribution in [0.5, 0.6) is 0 Å². The number of morpholine rings is 2. The van der Waals surface area contributed by atoms with E-state index >= 15 is 0 Å². The lowest BCUT2D eigenvalue weighted by Gasteiger charge is -2.34. The van der Waals surface area contributed by atoms with Crippen molar-refractivity contribution in [3.05, 3.63) is 0 Å². The summed E-state index contributed by atoms with van der Waals surface area (Å²) in [6, 6.07) is 0. The molecule has 0 bridgehead atoms. The van der Waals surface area contributed by atoms with E-state index in [1.807, 2.05) is 4.90 Å². The molecule has 2 saturated heterocycles. The Labute approximate surface area is 108 Å². The number of carbonyl (C=O) groups is 1. The monoisotopic (exact) mass is 257 g/mol. The second-order valence-corrected chi connectivity index (χ2v) is 4.72. The molecule has 1 amide bonds. The molecular formula is C12H23N3O3. The smallest absolute Gasteiger partial charge is 0.251 e. The number of ether oxygens (including phenoxy) is 2. The molecule has 2 fully saturated rings. The molecule has 0 aromatic carbocycles. The van der Waals surface area contributed by atoms with Crippen LogP contribution in [-0.4, -0.2) is 80.9 Å². The van der Waals surface area contributed by atoms with E-state index in [0.717, 1.165) is 39.4 Å². The fraction of sp³-hybridized carbons (Fsp3) is 0.917. The van der Waals surface area contributed by atoms with E-state index in [9.17, 15) is 4.79 Å². The van der Waals surface area contributed by atoms with Crippen molar-refractivity contribution in [1.29, 1.82) is 0 Å². The maximum absolute atomic E-state index is 12.1. The van der Waals surface area contributed by atoms with E-state index in [-0.39, 0.29) is 12.0 Å². The van der Waals surface area contributed by atoms with Crippen LogP contribution in [0, 0.1) is 0 Å². The molecule has 18 heavy (non-hydrogen) atoms. The van der Waals surface area contributed by atoms with E-state index < -0.39 is 0 Å². The van der Waals surface area contributed by atoms with Crippen LogP contribution in [0.1, 0.15) is 6.42 Å². The van der Waals surface area contributed by atoms with Gasteiger partial charge in [0.2, 0.25) is 0 Å². The molecule has 104 valence electrons. The van der Waals surface area contributed by atoms with Gasteiger partial charge < -0.3 is 20.1 Å². The van der Waals surface area contributed by atoms with Gasteiger partial charge in [-0.25, -0.2) is 0 Å². The van der Waals surface area contributed by atoms with Gasteiger partial charge in [0.15, 0.2) is 0 Å². The summed E-state index contributed by atoms with van der Waals surface area (Å²) in [5, 5.41) is 0. The van der Waals surface area contributed by atoms with Crippen molar-refractivity contribution < 1.29 is 14.3 Å². The first-order chi connectivity index (χ1) is 8.81. The van der Waals surface area contributed by atoms with Crippen molar-refractivity contribution >= 4 is 5.91 Å². The van der Waals surface area contributed by atoms with Crippen LogP contribution in [0.25, 0.3) is 0 Å². The van der Waals surface area contributed by atoms with Crippen LogP contribution >= 0.6 is 0 Å². The summed E-state index contributed by atoms with van der Waals surface area (Å²) in [5.74, 6) is 0.0972. The first-order valence-corrected chi connectivity index (χ1v) is 6.72. The van der Waals surface area contributed by atoms with Crippen molar-refractivity contribution in [2.24, 2.45) is 5.73 Å². The highest BCUT2D eigenvalue weighted by Crippen LogP contribution is 2.10. The third-order valence-corrected chi connectivity index (χ3v) is 3.49. The Bertz CT molecular complexity index is 267. The highest BCUT2D eigenvalue weighted by atomic mass is 16.5. The minimum atomic E-state index is -0.326. The Balaban J connectivity index is 1.75. The zero-order valence-corrected chi connectivity index (χ0v) is 10.8. The van der Waals surface area contributed by atoms with Crippen molar-refractivity contribution in [3.63, 3.8) is 0 Å². The molecular weight excluding hydrogens is 234 g/mol. The second kappa shape index (κ2) is 7.04. The average Bonchev–Trinajstić information content (AvgIpc) is 2.41. The summed E-state index contributed by atoms with van der Waals surface area (Å²) in [4.78, 5) is 16.3. The SMILES string of the molecule is NCCC1OCCN(CCN2CCOCC2)C1=O. The van der Waals surface area contributed by atoms with Gasteiger partial charge in [-0.3, -0.25) is 9.69 Å². The van der Waals surface area contributed by atoms with E-state index in [1.54, 1.807) is 0 Å². The van der Waals surface area contributed by atoms with Crippen molar-refractivity contribution in [2.45, 2.75) is 12.5 Å². The normalized spacial score (nSPS) is 26.6. The second-order valence-electron chi connectivity index (χ2n) is 4.72. The van der Waals surface area contributed by atoms with Crippen LogP contribution in [0.15, 0.2) is 0 Å². The van der Waals surface area contributed by atoms with Gasteiger partial charge in [0.1, 0.15) is 6.10 Å². The van der Waals surface area contributed by atoms with Crippen LogP contribution < -0.4 is 5.73 Å². The molecule has 0 saturated carbocycles. The van der Waals surface area contributed by atoms with Gasteiger partial charge >= 0.3 is 0 Å². The number of nitrogens with two attached hydrogens (primary N) is 1. The molecule has 2 N–H and O–H groups in total. The summed E-state index contributed by atoms with van der Waals surface area (Å²) in [6.07, 6.45) is 0.292. The van der Waals surface area contributed by atoms with E-state index in [1.165, 1.54) is 0 Å². The number of amides is 1. The van der Waals surface area contributed by atoms with Gasteiger partial charge in [0, 0.05) is 32.7 Å². The van der Waals surface area contributed by atoms with Gasteiger partial charge in [-0.05, 0) is 13.0 Å². The fourth-order valence-electron chi connectivity index (χ4n) is 2.36. The largest absolute Gasteiger partial charge is 0.379 e. The summed E-state index contributed by atoms with van der Waals surface area (Å²) in [7, 11) is 0. The first kappa shape index (κ1) is 13.7. The number of carbonyl (C=O) groups excluding carboxylic acids is 1. The average molecular weight is 257 g/mol. The minimum absolute atomic E-state index is 0.0972. The number of hydrogen-bond acceptors (Lipinski definition) is 5. The Morgan fingerprint density at radius 3 is 2.67 bits per heavy atom. The van der Waals surface area contributed by atoms with Gasteiger partial charge in [-0.15, -0.1) is 0 Å². The molecule has 0 spiro atoms. The van der Waals surface area contributed by atoms with Gasteiger partial charge in [0.25, 0.3) is 5.91 Å². The number of hydrogen-bond donors (Lipinski definition) is 1. The zero-order valence-electron chi connectivity index (χ0n) is 10.8. The number of nitrogens with zero attached hydrogens (tertiary/aromatic N) is 2. The standard InChI is InChI=1S/C12H23N3O3/c13-2-1-11-12(16)15(7-10-18-11)4-3-14-5-8-17-9-6-14/h11H,1-10,13H2. The maximum atomic E-state index is 12.1. The summed E-state index contributed by atoms with van der Waals surface area (Å²) in [6.45, 7) is 7.04. The molecule has 1 unspecified atom stereocenters. The fourth-order valence-corrected chi connectivity index (χ4v) is 2.36. The van der Waals surface area contributed by atoms with E-state index in [0.29, 0.717) is 26.1 Å². The quantitative estimate of drug-likeness (QED) is 0.677. The molecule has 0 radical (unpaired) electrons. The molecule has 0 aliphatic carbocycles. The Kier molecular flexibility index (Phi) is 5.37. The Morgan fingerprint density at radius 2 is 1.94 bits per heavy atom. The molecule has 6 nitrogen and oxygen atoms in total. The summed E-state index contributed by atoms with van der Waals surface area (Å²) >= 11 is 0. The van der Waals surface area contributed by atoms with Crippen molar-refractivity contribution in [2.75, 3.05) is 59.1 Å². The van der Waals surface area contributed by atoms with Crippen LogP contribution in [0.4, 0.5) is 0 Å². The minimum Gasteiger partial charge on any atom is -0.379 e. The lowest BCUT2D eigenvalue weighted by Crippen LogP contribution is -2.51. The highest BCUT2D eigenvalue weighted by Gasteiger charge is 2.28. The molecule has 1 atom stereocenters. The molecule has 2 aliphatic rings. The maximum Gasteiger partial charge on any atom is 0.251 e. The molecule has 0 aromatic heterocycles. The topological polar surface area (TPSA) is 68.0 Å². The van der Waals surface area contributed by atoms with Crippen molar-refractivity contribution in [1.82, 2.24) is 9.80 Å². The molecule has 0 aromatic rings.